The van der Waals surface area contributed by atoms with Crippen molar-refractivity contribution in [1.82, 2.24) is 15.2 Å². The number of thiazole rings is 1. The Morgan fingerprint density at radius 2 is 2.14 bits per heavy atom. The summed E-state index contributed by atoms with van der Waals surface area (Å²) in [6, 6.07) is 10.8. The van der Waals surface area contributed by atoms with Crippen LogP contribution in [0, 0.1) is 0 Å². The first-order chi connectivity index (χ1) is 14.1. The molecule has 0 radical (unpaired) electrons. The lowest BCUT2D eigenvalue weighted by atomic mass is 10.1. The lowest BCUT2D eigenvalue weighted by molar-refractivity contribution is -0.128. The van der Waals surface area contributed by atoms with Crippen molar-refractivity contribution >= 4 is 35.0 Å². The van der Waals surface area contributed by atoms with Crippen molar-refractivity contribution in [2.45, 2.75) is 42.5 Å². The summed E-state index contributed by atoms with van der Waals surface area (Å²) in [5.41, 5.74) is 1.47. The van der Waals surface area contributed by atoms with Gasteiger partial charge in [-0.05, 0) is 37.8 Å². The molecule has 0 spiro atoms. The van der Waals surface area contributed by atoms with E-state index in [1.807, 2.05) is 11.0 Å². The van der Waals surface area contributed by atoms with E-state index in [-0.39, 0.29) is 17.6 Å². The number of unbranched alkanes of at least 4 members (excludes halogenated alkanes) is 1. The molecule has 1 aliphatic rings. The minimum Gasteiger partial charge on any atom is -0.476 e. The fraction of sp³-hybridized carbons (Fsp3) is 0.476. The number of hydrogen-bond acceptors (Lipinski definition) is 6. The highest BCUT2D eigenvalue weighted by molar-refractivity contribution is 8.01. The molecule has 1 aromatic heterocycles. The number of aromatic carboxylic acids is 1. The van der Waals surface area contributed by atoms with Crippen LogP contribution in [0.2, 0.25) is 0 Å². The number of likely N-dealkylation sites (tertiary alicyclic amines) is 1. The highest BCUT2D eigenvalue weighted by Crippen LogP contribution is 2.24. The quantitative estimate of drug-likeness (QED) is 0.394. The van der Waals surface area contributed by atoms with Crippen molar-refractivity contribution in [2.24, 2.45) is 0 Å². The minimum atomic E-state index is -1.00. The summed E-state index contributed by atoms with van der Waals surface area (Å²) < 4.78 is 0.738. The van der Waals surface area contributed by atoms with Crippen LogP contribution in [0.25, 0.3) is 0 Å². The number of aromatic nitrogens is 1. The molecule has 3 rings (SSSR count). The maximum absolute atomic E-state index is 12.2. The predicted octanol–water partition coefficient (Wildman–Crippen LogP) is 3.54. The lowest BCUT2D eigenvalue weighted by Crippen LogP contribution is -2.41. The van der Waals surface area contributed by atoms with Gasteiger partial charge in [-0.2, -0.15) is 0 Å². The van der Waals surface area contributed by atoms with Crippen LogP contribution in [0.4, 0.5) is 0 Å². The number of carbonyl (C=O) groups excluding carboxylic acids is 1. The van der Waals surface area contributed by atoms with E-state index in [0.29, 0.717) is 13.0 Å². The van der Waals surface area contributed by atoms with Gasteiger partial charge in [0.1, 0.15) is 0 Å². The van der Waals surface area contributed by atoms with Crippen LogP contribution in [0.1, 0.15) is 41.7 Å². The molecule has 6 nitrogen and oxygen atoms in total. The number of carbonyl (C=O) groups is 2. The molecule has 8 heteroatoms. The third-order valence-electron chi connectivity index (χ3n) is 5.00. The standard InChI is InChI=1S/C21H27N3O3S2/c25-19-10-9-17(14-22-11-5-4-8-16-6-2-1-3-7-16)24(19)12-13-28-21-23-18(15-29-21)20(26)27/h1-3,6-7,15,17,22H,4-5,8-14H2,(H,26,27)/t17-/m1/s1. The zero-order chi connectivity index (χ0) is 20.5. The molecule has 0 bridgehead atoms. The van der Waals surface area contributed by atoms with Crippen molar-refractivity contribution in [3.63, 3.8) is 0 Å². The van der Waals surface area contributed by atoms with E-state index in [4.69, 9.17) is 5.11 Å². The Kier molecular flexibility index (Phi) is 8.52. The Morgan fingerprint density at radius 3 is 2.90 bits per heavy atom. The van der Waals surface area contributed by atoms with Gasteiger partial charge in [-0.3, -0.25) is 4.79 Å². The molecule has 2 aromatic rings. The molecular weight excluding hydrogens is 406 g/mol. The minimum absolute atomic E-state index is 0.0871. The molecule has 1 amide bonds. The summed E-state index contributed by atoms with van der Waals surface area (Å²) in [5, 5.41) is 14.0. The number of thioether (sulfide) groups is 1. The average molecular weight is 434 g/mol. The highest BCUT2D eigenvalue weighted by atomic mass is 32.2. The SMILES string of the molecule is O=C(O)c1csc(SCCN2C(=O)CC[C@@H]2CNCCCCc2ccccc2)n1. The molecule has 1 atom stereocenters. The Hall–Kier alpha value is -1.90. The topological polar surface area (TPSA) is 82.5 Å². The Bertz CT molecular complexity index is 797. The monoisotopic (exact) mass is 433 g/mol. The maximum atomic E-state index is 12.2. The molecule has 29 heavy (non-hydrogen) atoms. The second-order valence-corrected chi connectivity index (χ2v) is 9.28. The van der Waals surface area contributed by atoms with E-state index in [9.17, 15) is 9.59 Å². The molecule has 2 N–H and O–H groups in total. The van der Waals surface area contributed by atoms with Gasteiger partial charge in [-0.1, -0.05) is 42.1 Å². The number of aryl methyl sites for hydroxylation is 1. The molecule has 1 saturated heterocycles. The van der Waals surface area contributed by atoms with E-state index < -0.39 is 5.97 Å². The number of nitrogens with one attached hydrogen (secondary N) is 1. The summed E-state index contributed by atoms with van der Waals surface area (Å²) in [4.78, 5) is 29.2. The normalized spacial score (nSPS) is 16.5. The molecule has 2 heterocycles. The van der Waals surface area contributed by atoms with Gasteiger partial charge in [-0.25, -0.2) is 9.78 Å². The molecule has 156 valence electrons. The fourth-order valence-electron chi connectivity index (χ4n) is 3.46. The van der Waals surface area contributed by atoms with Crippen LogP contribution in [0.3, 0.4) is 0 Å². The fourth-order valence-corrected chi connectivity index (χ4v) is 5.27. The predicted molar refractivity (Wildman–Crippen MR) is 117 cm³/mol. The van der Waals surface area contributed by atoms with Crippen LogP contribution < -0.4 is 5.32 Å². The van der Waals surface area contributed by atoms with E-state index >= 15 is 0 Å². The summed E-state index contributed by atoms with van der Waals surface area (Å²) >= 11 is 2.85. The summed E-state index contributed by atoms with van der Waals surface area (Å²) in [5.74, 6) is -0.0594. The molecule has 1 fully saturated rings. The highest BCUT2D eigenvalue weighted by Gasteiger charge is 2.30. The van der Waals surface area contributed by atoms with Gasteiger partial charge < -0.3 is 15.3 Å². The van der Waals surface area contributed by atoms with Gasteiger partial charge >= 0.3 is 5.97 Å². The first-order valence-electron chi connectivity index (χ1n) is 9.99. The van der Waals surface area contributed by atoms with Gasteiger partial charge in [0.25, 0.3) is 0 Å². The van der Waals surface area contributed by atoms with E-state index in [1.54, 1.807) is 5.38 Å². The van der Waals surface area contributed by atoms with Crippen LogP contribution in [0.15, 0.2) is 40.1 Å². The third-order valence-corrected chi connectivity index (χ3v) is 7.01. The molecule has 1 aliphatic heterocycles. The largest absolute Gasteiger partial charge is 0.476 e. The molecule has 0 saturated carbocycles. The Labute approximate surface area is 179 Å². The maximum Gasteiger partial charge on any atom is 0.355 e. The van der Waals surface area contributed by atoms with E-state index in [0.717, 1.165) is 48.9 Å². The summed E-state index contributed by atoms with van der Waals surface area (Å²) in [7, 11) is 0. The van der Waals surface area contributed by atoms with Gasteiger partial charge in [-0.15, -0.1) is 11.3 Å². The molecule has 1 aromatic carbocycles. The second kappa shape index (κ2) is 11.3. The summed E-state index contributed by atoms with van der Waals surface area (Å²) in [6.07, 6.45) is 4.91. The second-order valence-electron chi connectivity index (χ2n) is 7.08. The number of amides is 1. The summed E-state index contributed by atoms with van der Waals surface area (Å²) in [6.45, 7) is 2.48. The van der Waals surface area contributed by atoms with Crippen molar-refractivity contribution < 1.29 is 14.7 Å². The zero-order valence-corrected chi connectivity index (χ0v) is 18.0. The van der Waals surface area contributed by atoms with Crippen LogP contribution in [-0.2, 0) is 11.2 Å². The van der Waals surface area contributed by atoms with Gasteiger partial charge in [0.15, 0.2) is 10.0 Å². The lowest BCUT2D eigenvalue weighted by Gasteiger charge is -2.25. The smallest absolute Gasteiger partial charge is 0.355 e. The van der Waals surface area contributed by atoms with E-state index in [1.165, 1.54) is 28.7 Å². The van der Waals surface area contributed by atoms with Gasteiger partial charge in [0, 0.05) is 36.7 Å². The molecule has 0 aliphatic carbocycles. The van der Waals surface area contributed by atoms with Crippen LogP contribution in [-0.4, -0.2) is 58.3 Å². The van der Waals surface area contributed by atoms with E-state index in [2.05, 4.69) is 34.6 Å². The van der Waals surface area contributed by atoms with Gasteiger partial charge in [0.2, 0.25) is 5.91 Å². The third kappa shape index (κ3) is 6.83. The number of hydrogen-bond donors (Lipinski definition) is 2. The zero-order valence-electron chi connectivity index (χ0n) is 16.4. The number of benzene rings is 1. The van der Waals surface area contributed by atoms with Crippen molar-refractivity contribution in [3.05, 3.63) is 47.0 Å². The van der Waals surface area contributed by atoms with Crippen LogP contribution >= 0.6 is 23.1 Å². The van der Waals surface area contributed by atoms with Crippen molar-refractivity contribution in [2.75, 3.05) is 25.4 Å². The number of carboxylic acids is 1. The first-order valence-corrected chi connectivity index (χ1v) is 11.9. The van der Waals surface area contributed by atoms with Crippen molar-refractivity contribution in [3.8, 4) is 0 Å². The average Bonchev–Trinajstić information content (AvgIpc) is 3.33. The Balaban J connectivity index is 1.32. The first kappa shape index (κ1) is 21.8. The molecule has 0 unspecified atom stereocenters. The van der Waals surface area contributed by atoms with Crippen molar-refractivity contribution in [1.29, 1.82) is 0 Å². The van der Waals surface area contributed by atoms with Gasteiger partial charge in [0.05, 0.1) is 0 Å². The molecular formula is C21H27N3O3S2. The Morgan fingerprint density at radius 1 is 1.31 bits per heavy atom. The number of carboxylic acid groups (broad SMARTS) is 1. The number of nitrogens with zero attached hydrogens (tertiary/aromatic N) is 2. The number of rotatable bonds is 12. The van der Waals surface area contributed by atoms with Crippen LogP contribution in [0.5, 0.6) is 0 Å².